The van der Waals surface area contributed by atoms with Crippen molar-refractivity contribution in [2.45, 2.75) is 50.9 Å². The van der Waals surface area contributed by atoms with E-state index in [1.54, 1.807) is 24.3 Å². The van der Waals surface area contributed by atoms with Crippen LogP contribution >= 0.6 is 0 Å². The second-order valence-corrected chi connectivity index (χ2v) is 9.05. The molecular formula is C27H37FN2O5. The molecule has 3 N–H and O–H groups in total. The summed E-state index contributed by atoms with van der Waals surface area (Å²) in [5.41, 5.74) is 1.79. The second kappa shape index (κ2) is 14.0. The molecule has 1 saturated heterocycles. The highest BCUT2D eigenvalue weighted by Crippen LogP contribution is 2.23. The van der Waals surface area contributed by atoms with Crippen LogP contribution in [0.1, 0.15) is 42.9 Å². The van der Waals surface area contributed by atoms with Gasteiger partial charge >= 0.3 is 0 Å². The Bertz CT molecular complexity index is 893. The largest absolute Gasteiger partial charge is 0.494 e. The number of carbonyl (C=O) groups excluding carboxylic acids is 1. The van der Waals surface area contributed by atoms with E-state index in [0.717, 1.165) is 5.56 Å². The number of rotatable bonds is 14. The van der Waals surface area contributed by atoms with Gasteiger partial charge in [-0.2, -0.15) is 0 Å². The monoisotopic (exact) mass is 488 g/mol. The highest BCUT2D eigenvalue weighted by atomic mass is 19.1. The Morgan fingerprint density at radius 2 is 1.74 bits per heavy atom. The topological polar surface area (TPSA) is 91.3 Å². The van der Waals surface area contributed by atoms with E-state index in [2.05, 4.69) is 5.32 Å². The highest BCUT2D eigenvalue weighted by Gasteiger charge is 2.29. The minimum absolute atomic E-state index is 0.158. The van der Waals surface area contributed by atoms with Crippen molar-refractivity contribution in [3.05, 3.63) is 59.7 Å². The molecule has 1 aliphatic heterocycles. The first kappa shape index (κ1) is 26.9. The van der Waals surface area contributed by atoms with Crippen LogP contribution in [0.15, 0.2) is 48.5 Å². The molecule has 0 aliphatic carbocycles. The molecule has 3 atom stereocenters. The number of halogens is 1. The zero-order valence-electron chi connectivity index (χ0n) is 20.4. The van der Waals surface area contributed by atoms with Gasteiger partial charge in [-0.3, -0.25) is 14.1 Å². The number of β-amino-alcohol motifs (C(OH)–C–C–N with tert-alkyl or cyclic N) is 1. The van der Waals surface area contributed by atoms with E-state index < -0.39 is 12.1 Å². The number of hydrogen-bond donors (Lipinski definition) is 3. The van der Waals surface area contributed by atoms with Gasteiger partial charge in [-0.05, 0) is 56.0 Å². The van der Waals surface area contributed by atoms with Crippen LogP contribution in [0.2, 0.25) is 0 Å². The standard InChI is InChI=1S/C27H37FN2O5/c1-20-4-8-23(9-5-20)35-17-13-26(32)29-25(19-30-15-12-22(31)18-30)27(33)21-6-10-24(11-7-21)34-16-3-2-14-28/h4-11,22,25,27,31,33H,2-3,12-19H2,1H3,(H,29,32)/t22-,25+,27+/m0/s1. The predicted octanol–water partition coefficient (Wildman–Crippen LogP) is 3.18. The van der Waals surface area contributed by atoms with Crippen LogP contribution < -0.4 is 14.8 Å². The molecular weight excluding hydrogens is 451 g/mol. The number of amides is 1. The number of aliphatic hydroxyl groups excluding tert-OH is 2. The molecule has 3 rings (SSSR count). The zero-order chi connectivity index (χ0) is 25.0. The second-order valence-electron chi connectivity index (χ2n) is 9.05. The molecule has 1 fully saturated rings. The van der Waals surface area contributed by atoms with Gasteiger partial charge in [0.1, 0.15) is 17.6 Å². The lowest BCUT2D eigenvalue weighted by molar-refractivity contribution is -0.123. The third-order valence-electron chi connectivity index (χ3n) is 6.07. The number of alkyl halides is 1. The average Bonchev–Trinajstić information content (AvgIpc) is 3.27. The molecule has 0 saturated carbocycles. The highest BCUT2D eigenvalue weighted by molar-refractivity contribution is 5.76. The minimum atomic E-state index is -0.935. The van der Waals surface area contributed by atoms with E-state index in [9.17, 15) is 19.4 Å². The zero-order valence-corrected chi connectivity index (χ0v) is 20.4. The fourth-order valence-electron chi connectivity index (χ4n) is 4.04. The molecule has 1 aliphatic rings. The summed E-state index contributed by atoms with van der Waals surface area (Å²) >= 11 is 0. The molecule has 0 unspecified atom stereocenters. The molecule has 1 amide bonds. The van der Waals surface area contributed by atoms with Gasteiger partial charge in [-0.15, -0.1) is 0 Å². The van der Waals surface area contributed by atoms with Crippen LogP contribution in [0.3, 0.4) is 0 Å². The van der Waals surface area contributed by atoms with Crippen molar-refractivity contribution in [3.8, 4) is 11.5 Å². The first-order chi connectivity index (χ1) is 16.9. The van der Waals surface area contributed by atoms with Gasteiger partial charge < -0.3 is 25.0 Å². The van der Waals surface area contributed by atoms with Gasteiger partial charge in [0.25, 0.3) is 0 Å². The molecule has 0 radical (unpaired) electrons. The van der Waals surface area contributed by atoms with Gasteiger partial charge in [0.05, 0.1) is 38.5 Å². The van der Waals surface area contributed by atoms with Crippen molar-refractivity contribution in [1.82, 2.24) is 10.2 Å². The van der Waals surface area contributed by atoms with E-state index >= 15 is 0 Å². The Morgan fingerprint density at radius 3 is 2.37 bits per heavy atom. The van der Waals surface area contributed by atoms with Crippen molar-refractivity contribution in [1.29, 1.82) is 0 Å². The Morgan fingerprint density at radius 1 is 1.09 bits per heavy atom. The lowest BCUT2D eigenvalue weighted by Gasteiger charge is -2.29. The minimum Gasteiger partial charge on any atom is -0.494 e. The van der Waals surface area contributed by atoms with E-state index in [1.165, 1.54) is 0 Å². The molecule has 35 heavy (non-hydrogen) atoms. The van der Waals surface area contributed by atoms with Gasteiger partial charge in [-0.1, -0.05) is 29.8 Å². The third kappa shape index (κ3) is 9.12. The van der Waals surface area contributed by atoms with Crippen LogP contribution in [-0.4, -0.2) is 72.7 Å². The number of unbranched alkanes of at least 4 members (excludes halogenated alkanes) is 1. The number of aryl methyl sites for hydroxylation is 1. The lowest BCUT2D eigenvalue weighted by atomic mass is 10.0. The summed E-state index contributed by atoms with van der Waals surface area (Å²) in [7, 11) is 0. The van der Waals surface area contributed by atoms with Crippen LogP contribution in [0.5, 0.6) is 11.5 Å². The SMILES string of the molecule is Cc1ccc(OCCC(=O)N[C@H](CN2CC[C@H](O)C2)[C@H](O)c2ccc(OCCCCF)cc2)cc1. The first-order valence-electron chi connectivity index (χ1n) is 12.3. The van der Waals surface area contributed by atoms with Gasteiger partial charge in [0, 0.05) is 19.6 Å². The Kier molecular flexibility index (Phi) is 10.8. The number of hydrogen-bond acceptors (Lipinski definition) is 6. The summed E-state index contributed by atoms with van der Waals surface area (Å²) in [6.45, 7) is 3.96. The van der Waals surface area contributed by atoms with E-state index in [-0.39, 0.29) is 31.7 Å². The fraction of sp³-hybridized carbons (Fsp3) is 0.519. The number of ether oxygens (including phenoxy) is 2. The number of benzene rings is 2. The summed E-state index contributed by atoms with van der Waals surface area (Å²) < 4.78 is 23.5. The number of aliphatic hydroxyl groups is 2. The van der Waals surface area contributed by atoms with Crippen molar-refractivity contribution >= 4 is 5.91 Å². The number of carbonyl (C=O) groups is 1. The lowest BCUT2D eigenvalue weighted by Crippen LogP contribution is -2.47. The van der Waals surface area contributed by atoms with Gasteiger partial charge in [0.2, 0.25) is 5.91 Å². The van der Waals surface area contributed by atoms with Crippen molar-refractivity contribution in [3.63, 3.8) is 0 Å². The number of nitrogens with one attached hydrogen (secondary N) is 1. The van der Waals surface area contributed by atoms with Crippen LogP contribution in [-0.2, 0) is 4.79 Å². The van der Waals surface area contributed by atoms with Crippen molar-refractivity contribution in [2.24, 2.45) is 0 Å². The first-order valence-corrected chi connectivity index (χ1v) is 12.3. The molecule has 2 aromatic carbocycles. The number of likely N-dealkylation sites (tertiary alicyclic amines) is 1. The Hall–Kier alpha value is -2.68. The summed E-state index contributed by atoms with van der Waals surface area (Å²) in [6, 6.07) is 14.2. The quantitative estimate of drug-likeness (QED) is 0.354. The summed E-state index contributed by atoms with van der Waals surface area (Å²) in [5.74, 6) is 1.14. The van der Waals surface area contributed by atoms with Crippen LogP contribution in [0.25, 0.3) is 0 Å². The summed E-state index contributed by atoms with van der Waals surface area (Å²) in [6.07, 6.45) is 0.626. The van der Waals surface area contributed by atoms with Gasteiger partial charge in [-0.25, -0.2) is 0 Å². The van der Waals surface area contributed by atoms with Crippen molar-refractivity contribution in [2.75, 3.05) is 39.5 Å². The molecule has 0 aromatic heterocycles. The maximum atomic E-state index is 12.7. The van der Waals surface area contributed by atoms with Crippen molar-refractivity contribution < 1.29 is 28.9 Å². The van der Waals surface area contributed by atoms with E-state index in [4.69, 9.17) is 9.47 Å². The smallest absolute Gasteiger partial charge is 0.223 e. The molecule has 0 spiro atoms. The Labute approximate surface area is 206 Å². The predicted molar refractivity (Wildman–Crippen MR) is 132 cm³/mol. The Balaban J connectivity index is 1.56. The average molecular weight is 489 g/mol. The maximum absolute atomic E-state index is 12.7. The van der Waals surface area contributed by atoms with E-state index in [1.807, 2.05) is 36.1 Å². The van der Waals surface area contributed by atoms with E-state index in [0.29, 0.717) is 62.6 Å². The van der Waals surface area contributed by atoms with Gasteiger partial charge in [0.15, 0.2) is 0 Å². The molecule has 7 nitrogen and oxygen atoms in total. The fourth-order valence-corrected chi connectivity index (χ4v) is 4.04. The molecule has 8 heteroatoms. The molecule has 0 bridgehead atoms. The van der Waals surface area contributed by atoms with Crippen LogP contribution in [0, 0.1) is 6.92 Å². The molecule has 1 heterocycles. The molecule has 2 aromatic rings. The summed E-state index contributed by atoms with van der Waals surface area (Å²) in [4.78, 5) is 14.7. The molecule has 192 valence electrons. The maximum Gasteiger partial charge on any atom is 0.223 e. The normalized spacial score (nSPS) is 17.7. The van der Waals surface area contributed by atoms with Crippen LogP contribution in [0.4, 0.5) is 4.39 Å². The third-order valence-corrected chi connectivity index (χ3v) is 6.07. The number of nitrogens with zero attached hydrogens (tertiary/aromatic N) is 1. The summed E-state index contributed by atoms with van der Waals surface area (Å²) in [5, 5.41) is 23.9.